The maximum Gasteiger partial charge on any atom is 0.364 e. The van der Waals surface area contributed by atoms with Crippen LogP contribution in [0.4, 0.5) is 0 Å². The van der Waals surface area contributed by atoms with Crippen LogP contribution in [-0.4, -0.2) is 35.9 Å². The molecule has 100 valence electrons. The zero-order valence-electron chi connectivity index (χ0n) is 9.85. The Hall–Kier alpha value is -3.23. The van der Waals surface area contributed by atoms with Crippen molar-refractivity contribution < 1.29 is 14.6 Å². The predicted octanol–water partition coefficient (Wildman–Crippen LogP) is 0.303. The first-order valence-corrected chi connectivity index (χ1v) is 5.46. The summed E-state index contributed by atoms with van der Waals surface area (Å²) in [5.74, 6) is -1.14. The average molecular weight is 273 g/mol. The van der Waals surface area contributed by atoms with Crippen molar-refractivity contribution in [1.29, 1.82) is 0 Å². The molecule has 9 heteroatoms. The zero-order chi connectivity index (χ0) is 14.1. The van der Waals surface area contributed by atoms with Gasteiger partial charge in [-0.2, -0.15) is 9.61 Å². The maximum atomic E-state index is 11.4. The predicted molar refractivity (Wildman–Crippen MR) is 64.9 cm³/mol. The molecule has 0 amide bonds. The molecule has 0 unspecified atom stereocenters. The second-order valence-electron chi connectivity index (χ2n) is 3.73. The van der Waals surface area contributed by atoms with Crippen LogP contribution in [0.15, 0.2) is 35.3 Å². The molecule has 0 radical (unpaired) electrons. The zero-order valence-corrected chi connectivity index (χ0v) is 9.85. The number of hydrogen-bond donors (Lipinski definition) is 2. The topological polar surface area (TPSA) is 122 Å². The fourth-order valence-electron chi connectivity index (χ4n) is 1.59. The quantitative estimate of drug-likeness (QED) is 0.703. The van der Waals surface area contributed by atoms with E-state index in [1.54, 1.807) is 0 Å². The molecule has 3 heterocycles. The molecule has 0 saturated carbocycles. The van der Waals surface area contributed by atoms with Crippen molar-refractivity contribution in [3.05, 3.63) is 46.6 Å². The first kappa shape index (κ1) is 11.8. The lowest BCUT2D eigenvalue weighted by Gasteiger charge is -2.06. The summed E-state index contributed by atoms with van der Waals surface area (Å²) in [7, 11) is 0. The third-order valence-electron chi connectivity index (χ3n) is 2.44. The van der Waals surface area contributed by atoms with Gasteiger partial charge >= 0.3 is 11.7 Å². The van der Waals surface area contributed by atoms with E-state index in [4.69, 9.17) is 9.84 Å². The minimum Gasteiger partial charge on any atom is -0.476 e. The molecule has 2 N–H and O–H groups in total. The molecule has 0 fully saturated rings. The number of aromatic amines is 1. The molecule has 0 atom stereocenters. The number of ether oxygens (including phenoxy) is 1. The molecular weight excluding hydrogens is 266 g/mol. The van der Waals surface area contributed by atoms with Gasteiger partial charge in [0.1, 0.15) is 0 Å². The van der Waals surface area contributed by atoms with Gasteiger partial charge < -0.3 is 9.84 Å². The van der Waals surface area contributed by atoms with Gasteiger partial charge in [-0.15, -0.1) is 5.10 Å². The number of carboxylic acids is 1. The lowest BCUT2D eigenvalue weighted by molar-refractivity contribution is 0.0687. The summed E-state index contributed by atoms with van der Waals surface area (Å²) in [6.07, 6.45) is 1.34. The normalized spacial score (nSPS) is 10.6. The molecule has 0 saturated heterocycles. The number of carboxylic acid groups (broad SMARTS) is 1. The number of rotatable bonds is 3. The van der Waals surface area contributed by atoms with Gasteiger partial charge in [0.15, 0.2) is 17.1 Å². The van der Waals surface area contributed by atoms with E-state index in [0.29, 0.717) is 5.65 Å². The van der Waals surface area contributed by atoms with Crippen molar-refractivity contribution in [2.45, 2.75) is 0 Å². The third kappa shape index (κ3) is 1.96. The van der Waals surface area contributed by atoms with Crippen molar-refractivity contribution in [3.63, 3.8) is 0 Å². The van der Waals surface area contributed by atoms with E-state index < -0.39 is 11.7 Å². The van der Waals surface area contributed by atoms with Crippen molar-refractivity contribution in [3.8, 4) is 11.6 Å². The summed E-state index contributed by atoms with van der Waals surface area (Å²) in [6.45, 7) is 0. The van der Waals surface area contributed by atoms with Crippen molar-refractivity contribution in [2.75, 3.05) is 0 Å². The minimum atomic E-state index is -1.22. The first-order valence-electron chi connectivity index (χ1n) is 5.46. The number of nitrogens with one attached hydrogen (secondary N) is 1. The average Bonchev–Trinajstić information content (AvgIpc) is 2.81. The van der Waals surface area contributed by atoms with Crippen LogP contribution in [0.3, 0.4) is 0 Å². The molecular formula is C11H7N5O4. The molecule has 0 spiro atoms. The van der Waals surface area contributed by atoms with Gasteiger partial charge in [0, 0.05) is 12.3 Å². The first-order chi connectivity index (χ1) is 9.65. The molecule has 20 heavy (non-hydrogen) atoms. The Bertz CT molecular complexity index is 853. The van der Waals surface area contributed by atoms with E-state index in [1.807, 2.05) is 0 Å². The highest BCUT2D eigenvalue weighted by atomic mass is 16.5. The molecule has 3 aromatic rings. The van der Waals surface area contributed by atoms with E-state index in [9.17, 15) is 9.59 Å². The summed E-state index contributed by atoms with van der Waals surface area (Å²) in [5, 5.41) is 18.8. The Balaban J connectivity index is 2.03. The van der Waals surface area contributed by atoms with Gasteiger partial charge in [-0.05, 0) is 18.2 Å². The van der Waals surface area contributed by atoms with Crippen molar-refractivity contribution in [1.82, 2.24) is 24.8 Å². The summed E-state index contributed by atoms with van der Waals surface area (Å²) in [4.78, 5) is 26.1. The van der Waals surface area contributed by atoms with Crippen molar-refractivity contribution >= 4 is 11.6 Å². The number of nitrogens with zero attached hydrogens (tertiary/aromatic N) is 4. The number of fused-ring (bicyclic) bond motifs is 1. The maximum absolute atomic E-state index is 11.4. The molecule has 3 rings (SSSR count). The van der Waals surface area contributed by atoms with Gasteiger partial charge in [0.25, 0.3) is 0 Å². The molecule has 3 aromatic heterocycles. The molecule has 0 bridgehead atoms. The Morgan fingerprint density at radius 1 is 1.35 bits per heavy atom. The molecule has 0 aliphatic heterocycles. The van der Waals surface area contributed by atoms with Crippen LogP contribution in [0.2, 0.25) is 0 Å². The highest BCUT2D eigenvalue weighted by Crippen LogP contribution is 2.21. The number of carbonyl (C=O) groups is 1. The lowest BCUT2D eigenvalue weighted by Crippen LogP contribution is -2.12. The Morgan fingerprint density at radius 3 is 3.00 bits per heavy atom. The monoisotopic (exact) mass is 273 g/mol. The van der Waals surface area contributed by atoms with Gasteiger partial charge in [0.2, 0.25) is 5.88 Å². The highest BCUT2D eigenvalue weighted by molar-refractivity contribution is 5.88. The number of hydrogen-bond acceptors (Lipinski definition) is 6. The van der Waals surface area contributed by atoms with Crippen LogP contribution in [0, 0.1) is 0 Å². The second kappa shape index (κ2) is 4.46. The van der Waals surface area contributed by atoms with Crippen LogP contribution < -0.4 is 10.4 Å². The van der Waals surface area contributed by atoms with Crippen LogP contribution in [-0.2, 0) is 0 Å². The van der Waals surface area contributed by atoms with Crippen molar-refractivity contribution in [2.24, 2.45) is 0 Å². The molecule has 9 nitrogen and oxygen atoms in total. The largest absolute Gasteiger partial charge is 0.476 e. The molecule has 0 aromatic carbocycles. The van der Waals surface area contributed by atoms with Gasteiger partial charge in [0.05, 0.1) is 0 Å². The summed E-state index contributed by atoms with van der Waals surface area (Å²) in [6, 6.07) is 5.95. The number of pyridine rings is 1. The van der Waals surface area contributed by atoms with E-state index in [2.05, 4.69) is 20.3 Å². The Kier molecular flexibility index (Phi) is 2.64. The van der Waals surface area contributed by atoms with Crippen LogP contribution in [0.1, 0.15) is 10.5 Å². The van der Waals surface area contributed by atoms with Gasteiger partial charge in [-0.25, -0.2) is 19.7 Å². The molecule has 0 aliphatic carbocycles. The van der Waals surface area contributed by atoms with Gasteiger partial charge in [-0.3, -0.25) is 0 Å². The van der Waals surface area contributed by atoms with Crippen LogP contribution >= 0.6 is 0 Å². The van der Waals surface area contributed by atoms with E-state index in [1.165, 1.54) is 30.5 Å². The smallest absolute Gasteiger partial charge is 0.364 e. The van der Waals surface area contributed by atoms with Gasteiger partial charge in [-0.1, -0.05) is 0 Å². The number of aromatic nitrogens is 5. The summed E-state index contributed by atoms with van der Waals surface area (Å²) in [5.41, 5.74) is -0.434. The van der Waals surface area contributed by atoms with Crippen LogP contribution in [0.5, 0.6) is 11.6 Å². The Labute approximate surface area is 110 Å². The fourth-order valence-corrected chi connectivity index (χ4v) is 1.59. The van der Waals surface area contributed by atoms with Crippen LogP contribution in [0.25, 0.3) is 5.65 Å². The summed E-state index contributed by atoms with van der Waals surface area (Å²) >= 11 is 0. The standard InChI is InChI=1S/C11H7N5O4/c17-10(18)9-6(2-1-5-12-9)20-8-4-3-7-13-14-11(19)16(7)15-8/h1-5H,(H,14,19)(H,17,18). The van der Waals surface area contributed by atoms with E-state index in [0.717, 1.165) is 4.52 Å². The Morgan fingerprint density at radius 2 is 2.20 bits per heavy atom. The highest BCUT2D eigenvalue weighted by Gasteiger charge is 2.14. The molecule has 0 aliphatic rings. The minimum absolute atomic E-state index is 0.0309. The lowest BCUT2D eigenvalue weighted by atomic mass is 10.3. The van der Waals surface area contributed by atoms with E-state index in [-0.39, 0.29) is 17.3 Å². The number of aromatic carboxylic acids is 1. The third-order valence-corrected chi connectivity index (χ3v) is 2.44. The summed E-state index contributed by atoms with van der Waals surface area (Å²) < 4.78 is 6.35. The fraction of sp³-hybridized carbons (Fsp3) is 0. The SMILES string of the molecule is O=C(O)c1ncccc1Oc1ccc2n[nH]c(=O)n2n1. The second-order valence-corrected chi connectivity index (χ2v) is 3.73. The number of H-pyrrole nitrogens is 1. The van der Waals surface area contributed by atoms with E-state index >= 15 is 0 Å².